The first-order chi connectivity index (χ1) is 13.0. The van der Waals surface area contributed by atoms with Crippen LogP contribution >= 0.6 is 0 Å². The first kappa shape index (κ1) is 18.5. The van der Waals surface area contributed by atoms with Crippen LogP contribution in [0.15, 0.2) is 54.9 Å². The molecular formula is C21H23N5O. The Morgan fingerprint density at radius 1 is 1.04 bits per heavy atom. The quantitative estimate of drug-likeness (QED) is 0.701. The number of carbonyl (C=O) groups excluding carboxylic acids is 1. The van der Waals surface area contributed by atoms with Crippen molar-refractivity contribution >= 4 is 11.9 Å². The second-order valence-electron chi connectivity index (χ2n) is 6.50. The molecule has 2 N–H and O–H groups in total. The minimum absolute atomic E-state index is 0.0917. The predicted molar refractivity (Wildman–Crippen MR) is 105 cm³/mol. The number of amides is 1. The van der Waals surface area contributed by atoms with Gasteiger partial charge in [0.05, 0.1) is 6.04 Å². The van der Waals surface area contributed by atoms with Crippen molar-refractivity contribution in [2.75, 3.05) is 5.32 Å². The Kier molecular flexibility index (Phi) is 5.76. The lowest BCUT2D eigenvalue weighted by Gasteiger charge is -2.14. The number of pyridine rings is 1. The Morgan fingerprint density at radius 2 is 1.74 bits per heavy atom. The van der Waals surface area contributed by atoms with Crippen LogP contribution in [-0.2, 0) is 6.54 Å². The number of hydrogen-bond acceptors (Lipinski definition) is 5. The van der Waals surface area contributed by atoms with Crippen LogP contribution in [0.3, 0.4) is 0 Å². The van der Waals surface area contributed by atoms with E-state index in [1.807, 2.05) is 63.2 Å². The third-order valence-corrected chi connectivity index (χ3v) is 4.18. The van der Waals surface area contributed by atoms with E-state index in [0.29, 0.717) is 18.1 Å². The van der Waals surface area contributed by atoms with E-state index >= 15 is 0 Å². The standard InChI is InChI=1S/C21H23N5O/c1-14-11-15(2)25-21(24-14)23-13-17-5-4-6-19(12-17)20(27)26-16(3)18-7-9-22-10-8-18/h4-12,16H,13H2,1-3H3,(H,26,27)(H,23,24,25)/t16-/m0/s1. The van der Waals surface area contributed by atoms with E-state index in [1.54, 1.807) is 12.4 Å². The lowest BCUT2D eigenvalue weighted by atomic mass is 10.1. The minimum atomic E-state index is -0.108. The monoisotopic (exact) mass is 361 g/mol. The van der Waals surface area contributed by atoms with Crippen LogP contribution in [0.25, 0.3) is 0 Å². The van der Waals surface area contributed by atoms with Gasteiger partial charge in [-0.3, -0.25) is 9.78 Å². The predicted octanol–water partition coefficient (Wildman–Crippen LogP) is 3.59. The molecule has 0 saturated carbocycles. The van der Waals surface area contributed by atoms with Crippen LogP contribution in [0.1, 0.15) is 45.8 Å². The fraction of sp³-hybridized carbons (Fsp3) is 0.238. The summed E-state index contributed by atoms with van der Waals surface area (Å²) >= 11 is 0. The molecule has 3 rings (SSSR count). The minimum Gasteiger partial charge on any atom is -0.350 e. The first-order valence-corrected chi connectivity index (χ1v) is 8.87. The lowest BCUT2D eigenvalue weighted by molar-refractivity contribution is 0.0940. The zero-order chi connectivity index (χ0) is 19.2. The van der Waals surface area contributed by atoms with Crippen molar-refractivity contribution in [1.82, 2.24) is 20.3 Å². The van der Waals surface area contributed by atoms with Crippen LogP contribution in [0.4, 0.5) is 5.95 Å². The van der Waals surface area contributed by atoms with Crippen LogP contribution < -0.4 is 10.6 Å². The normalized spacial score (nSPS) is 11.7. The Bertz CT molecular complexity index is 907. The van der Waals surface area contributed by atoms with Gasteiger partial charge < -0.3 is 10.6 Å². The van der Waals surface area contributed by atoms with Gasteiger partial charge in [0.2, 0.25) is 5.95 Å². The number of nitrogens with zero attached hydrogens (tertiary/aromatic N) is 3. The van der Waals surface area contributed by atoms with Gasteiger partial charge in [-0.1, -0.05) is 12.1 Å². The molecular weight excluding hydrogens is 338 g/mol. The summed E-state index contributed by atoms with van der Waals surface area (Å²) in [6.45, 7) is 6.38. The maximum Gasteiger partial charge on any atom is 0.251 e. The first-order valence-electron chi connectivity index (χ1n) is 8.87. The molecule has 1 aromatic carbocycles. The molecule has 2 heterocycles. The molecule has 0 bridgehead atoms. The highest BCUT2D eigenvalue weighted by molar-refractivity contribution is 5.94. The number of carbonyl (C=O) groups is 1. The van der Waals surface area contributed by atoms with E-state index in [4.69, 9.17) is 0 Å². The highest BCUT2D eigenvalue weighted by atomic mass is 16.1. The Labute approximate surface area is 159 Å². The smallest absolute Gasteiger partial charge is 0.251 e. The molecule has 0 spiro atoms. The largest absolute Gasteiger partial charge is 0.350 e. The summed E-state index contributed by atoms with van der Waals surface area (Å²) in [6, 6.07) is 13.2. The van der Waals surface area contributed by atoms with Crippen molar-refractivity contribution in [2.24, 2.45) is 0 Å². The van der Waals surface area contributed by atoms with Crippen LogP contribution in [0.5, 0.6) is 0 Å². The molecule has 0 fully saturated rings. The number of rotatable bonds is 6. The Hall–Kier alpha value is -3.28. The van der Waals surface area contributed by atoms with Gasteiger partial charge in [0.15, 0.2) is 0 Å². The van der Waals surface area contributed by atoms with Gasteiger partial charge in [-0.15, -0.1) is 0 Å². The maximum atomic E-state index is 12.6. The molecule has 6 heteroatoms. The fourth-order valence-corrected chi connectivity index (χ4v) is 2.82. The third-order valence-electron chi connectivity index (χ3n) is 4.18. The molecule has 0 aliphatic heterocycles. The summed E-state index contributed by atoms with van der Waals surface area (Å²) < 4.78 is 0. The van der Waals surface area contributed by atoms with E-state index in [2.05, 4.69) is 25.6 Å². The number of aromatic nitrogens is 3. The SMILES string of the molecule is Cc1cc(C)nc(NCc2cccc(C(=O)N[C@@H](C)c3ccncc3)c2)n1. The summed E-state index contributed by atoms with van der Waals surface area (Å²) in [7, 11) is 0. The van der Waals surface area contributed by atoms with Crippen molar-refractivity contribution in [3.05, 3.63) is 82.9 Å². The van der Waals surface area contributed by atoms with Crippen LogP contribution in [0.2, 0.25) is 0 Å². The molecule has 0 unspecified atom stereocenters. The van der Waals surface area contributed by atoms with Crippen molar-refractivity contribution < 1.29 is 4.79 Å². The average molecular weight is 361 g/mol. The zero-order valence-electron chi connectivity index (χ0n) is 15.7. The molecule has 0 aliphatic carbocycles. The topological polar surface area (TPSA) is 79.8 Å². The van der Waals surface area contributed by atoms with Crippen molar-refractivity contribution in [3.8, 4) is 0 Å². The highest BCUT2D eigenvalue weighted by Gasteiger charge is 2.12. The van der Waals surface area contributed by atoms with Gasteiger partial charge in [0, 0.05) is 35.9 Å². The fourth-order valence-electron chi connectivity index (χ4n) is 2.82. The molecule has 1 amide bonds. The number of anilines is 1. The summed E-state index contributed by atoms with van der Waals surface area (Å²) in [4.78, 5) is 25.3. The Morgan fingerprint density at radius 3 is 2.44 bits per heavy atom. The van der Waals surface area contributed by atoms with Crippen molar-refractivity contribution in [2.45, 2.75) is 33.4 Å². The van der Waals surface area contributed by atoms with E-state index in [9.17, 15) is 4.79 Å². The van der Waals surface area contributed by atoms with E-state index in [-0.39, 0.29) is 11.9 Å². The van der Waals surface area contributed by atoms with Gasteiger partial charge in [0.25, 0.3) is 5.91 Å². The van der Waals surface area contributed by atoms with Crippen LogP contribution in [-0.4, -0.2) is 20.9 Å². The second-order valence-corrected chi connectivity index (χ2v) is 6.50. The van der Waals surface area contributed by atoms with Gasteiger partial charge >= 0.3 is 0 Å². The molecule has 1 atom stereocenters. The highest BCUT2D eigenvalue weighted by Crippen LogP contribution is 2.13. The third kappa shape index (κ3) is 5.10. The molecule has 0 saturated heterocycles. The van der Waals surface area contributed by atoms with Gasteiger partial charge in [0.1, 0.15) is 0 Å². The number of aryl methyl sites for hydroxylation is 2. The molecule has 0 radical (unpaired) electrons. The summed E-state index contributed by atoms with van der Waals surface area (Å²) in [6.07, 6.45) is 3.44. The number of hydrogen-bond donors (Lipinski definition) is 2. The van der Waals surface area contributed by atoms with E-state index < -0.39 is 0 Å². The van der Waals surface area contributed by atoms with Crippen molar-refractivity contribution in [1.29, 1.82) is 0 Å². The summed E-state index contributed by atoms with van der Waals surface area (Å²) in [5.74, 6) is 0.484. The maximum absolute atomic E-state index is 12.6. The molecule has 6 nitrogen and oxygen atoms in total. The number of nitrogens with one attached hydrogen (secondary N) is 2. The molecule has 138 valence electrons. The van der Waals surface area contributed by atoms with E-state index in [0.717, 1.165) is 22.5 Å². The van der Waals surface area contributed by atoms with Crippen molar-refractivity contribution in [3.63, 3.8) is 0 Å². The second kappa shape index (κ2) is 8.40. The van der Waals surface area contributed by atoms with Gasteiger partial charge in [-0.25, -0.2) is 9.97 Å². The molecule has 2 aromatic heterocycles. The molecule has 0 aliphatic rings. The Balaban J connectivity index is 1.65. The number of benzene rings is 1. The van der Waals surface area contributed by atoms with Gasteiger partial charge in [-0.05, 0) is 62.2 Å². The molecule has 27 heavy (non-hydrogen) atoms. The zero-order valence-corrected chi connectivity index (χ0v) is 15.7. The van der Waals surface area contributed by atoms with Gasteiger partial charge in [-0.2, -0.15) is 0 Å². The molecule has 3 aromatic rings. The lowest BCUT2D eigenvalue weighted by Crippen LogP contribution is -2.26. The summed E-state index contributed by atoms with van der Waals surface area (Å²) in [5.41, 5.74) is 4.47. The van der Waals surface area contributed by atoms with Crippen LogP contribution in [0, 0.1) is 13.8 Å². The van der Waals surface area contributed by atoms with E-state index in [1.165, 1.54) is 0 Å². The summed E-state index contributed by atoms with van der Waals surface area (Å²) in [5, 5.41) is 6.23. The average Bonchev–Trinajstić information content (AvgIpc) is 2.66.